The van der Waals surface area contributed by atoms with Crippen LogP contribution in [-0.4, -0.2) is 45.1 Å². The first-order valence-electron chi connectivity index (χ1n) is 48.7. The average molecular weight is 1690 g/mol. The van der Waals surface area contributed by atoms with E-state index >= 15 is 0 Å². The molecule has 20 aromatic rings. The topological polar surface area (TPSA) is 19.7 Å². The summed E-state index contributed by atoms with van der Waals surface area (Å²) in [4.78, 5) is 0. The fourth-order valence-corrected chi connectivity index (χ4v) is 30.7. The van der Waals surface area contributed by atoms with Gasteiger partial charge >= 0.3 is 0 Å². The Bertz CT molecular complexity index is 8750. The highest BCUT2D eigenvalue weighted by atomic mass is 15.0. The van der Waals surface area contributed by atoms with Gasteiger partial charge in [0.05, 0.1) is 22.1 Å². The van der Waals surface area contributed by atoms with E-state index in [0.29, 0.717) is 26.9 Å². The van der Waals surface area contributed by atoms with Crippen LogP contribution in [0.15, 0.2) is 267 Å². The number of aryl methyl sites for hydroxylation is 4. The van der Waals surface area contributed by atoms with E-state index in [1.54, 1.807) is 43.7 Å². The summed E-state index contributed by atoms with van der Waals surface area (Å²) in [6.45, 7) is 49.1. The van der Waals surface area contributed by atoms with Gasteiger partial charge in [0.2, 0.25) is 26.9 Å². The van der Waals surface area contributed by atoms with E-state index in [1.165, 1.54) is 243 Å². The van der Waals surface area contributed by atoms with Crippen molar-refractivity contribution >= 4 is 180 Å². The molecule has 0 aliphatic carbocycles. The van der Waals surface area contributed by atoms with Gasteiger partial charge in [-0.25, -0.2) is 0 Å². The molecule has 0 amide bonds. The summed E-state index contributed by atoms with van der Waals surface area (Å²) >= 11 is 0. The molecule has 12 aliphatic rings. The zero-order valence-corrected chi connectivity index (χ0v) is 79.5. The third kappa shape index (κ3) is 8.55. The Kier molecular flexibility index (Phi) is 14.0. The second-order valence-corrected chi connectivity index (χ2v) is 45.8. The predicted octanol–water partition coefficient (Wildman–Crippen LogP) is 20.8. The maximum atomic E-state index is 2.59. The van der Waals surface area contributed by atoms with Gasteiger partial charge in [-0.05, 0) is 232 Å². The van der Waals surface area contributed by atoms with Gasteiger partial charge in [0.25, 0.3) is 0 Å². The Morgan fingerprint density at radius 2 is 0.462 bits per heavy atom. The number of rotatable bonds is 0. The maximum Gasteiger partial charge on any atom is 0.248 e. The minimum Gasteiger partial charge on any atom is -0.310 e. The minimum atomic E-state index is -0.0305. The molecule has 8 heteroatoms. The van der Waals surface area contributed by atoms with Crippen LogP contribution in [0.5, 0.6) is 0 Å². The number of hydrogen-bond donors (Lipinski definition) is 0. The molecule has 0 atom stereocenters. The van der Waals surface area contributed by atoms with Crippen molar-refractivity contribution in [2.45, 2.75) is 182 Å². The van der Waals surface area contributed by atoms with E-state index in [4.69, 9.17) is 0 Å². The zero-order chi connectivity index (χ0) is 89.8. The quantitative estimate of drug-likeness (QED) is 0.135. The molecule has 0 saturated carbocycles. The van der Waals surface area contributed by atoms with E-state index in [1.807, 2.05) is 0 Å². The first-order chi connectivity index (χ1) is 63.3. The molecule has 0 fully saturated rings. The van der Waals surface area contributed by atoms with Crippen molar-refractivity contribution in [1.29, 1.82) is 0 Å². The minimum absolute atomic E-state index is 0.0221. The molecular formula is C124H104B4N4. The lowest BCUT2D eigenvalue weighted by molar-refractivity contribution is 0.621. The molecule has 12 aliphatic heterocycles. The third-order valence-corrected chi connectivity index (χ3v) is 36.6. The molecule has 16 heterocycles. The first-order valence-corrected chi connectivity index (χ1v) is 48.7. The molecule has 132 heavy (non-hydrogen) atoms. The second-order valence-electron chi connectivity index (χ2n) is 45.8. The van der Waals surface area contributed by atoms with E-state index in [2.05, 4.69) is 424 Å². The molecule has 32 rings (SSSR count). The van der Waals surface area contributed by atoms with Gasteiger partial charge < -0.3 is 18.3 Å². The SMILES string of the molecule is Cc1cc2c3c4c1c1ccccc1n4-c1cccc4c1B3c1c(cccc1C2(C)C)C4(C)C.Cc1ccc2c(c1)c1ccc3c4c1n2-c1cccc2c1B4c1c(cccc1C3(C)C)C2(C)C.Cc1ccc2c3ccc4c5c3n(c2c1)-c1cccc2c1B5c1c(cccc1C4(C)C)C2(C)C.Cc1cccc2c1c1ccc3c4c1n2-c1cccc2c1B4c1c(cccc1C3(C)C)C2(C)C. The van der Waals surface area contributed by atoms with Crippen LogP contribution in [0.3, 0.4) is 0 Å². The maximum absolute atomic E-state index is 2.59. The second kappa shape index (κ2) is 24.1. The van der Waals surface area contributed by atoms with Crippen LogP contribution in [0, 0.1) is 27.7 Å². The molecule has 4 nitrogen and oxygen atoms in total. The van der Waals surface area contributed by atoms with Crippen LogP contribution in [0.2, 0.25) is 0 Å². The molecule has 0 N–H and O–H groups in total. The summed E-state index contributed by atoms with van der Waals surface area (Å²) < 4.78 is 10.4. The highest BCUT2D eigenvalue weighted by molar-refractivity contribution is 7.02. The van der Waals surface area contributed by atoms with Crippen LogP contribution in [0.1, 0.15) is 222 Å². The number of aromatic nitrogens is 4. The summed E-state index contributed by atoms with van der Waals surface area (Å²) in [5.41, 5.74) is 64.3. The van der Waals surface area contributed by atoms with Gasteiger partial charge in [0.1, 0.15) is 0 Å². The number of fused-ring (bicyclic) bond motifs is 16. The predicted molar refractivity (Wildman–Crippen MR) is 563 cm³/mol. The number of benzene rings is 16. The summed E-state index contributed by atoms with van der Waals surface area (Å²) in [6, 6.07) is 103. The van der Waals surface area contributed by atoms with Gasteiger partial charge in [-0.3, -0.25) is 0 Å². The van der Waals surface area contributed by atoms with Gasteiger partial charge in [0.15, 0.2) is 0 Å². The standard InChI is InChI=1S/4C31H26BN/c1-17-9-6-13-23-25(17)18-15-16-22-28-29(18)33(23)24-14-8-12-21-27(24)32(28)26-19(30(21,2)3)10-7-11-20(26)31(22,4)5;1-17-12-15-24-19(16-17)18-13-14-23-28-29(18)33(24)25-11-7-10-22-27(25)32(28)26-20(30(22,2)3)8-6-9-21(26)31(23,4)5;1-17-12-13-18-19-14-15-23-28-29(19)33(25(18)16-17)24-11-7-10-22-27(24)32(28)26-20(30(22,2)3)8-6-9-21(26)31(23,4)5;1-17-16-22-28-29-25(17)18-10-6-7-14-23(18)33(29)24-15-9-13-21-27(24)32(28)26-19(30(21,2)3)11-8-12-20(26)31(22,4)5/h4*6-16H,1-5H3. The lowest BCUT2D eigenvalue weighted by Crippen LogP contribution is -2.68. The fraction of sp³-hybridized carbons (Fsp3) is 0.226. The smallest absolute Gasteiger partial charge is 0.248 e. The van der Waals surface area contributed by atoms with Crippen molar-refractivity contribution in [2.24, 2.45) is 0 Å². The van der Waals surface area contributed by atoms with Crippen LogP contribution in [0.4, 0.5) is 0 Å². The molecular weight excluding hydrogens is 1590 g/mol. The zero-order valence-electron chi connectivity index (χ0n) is 79.5. The fourth-order valence-electron chi connectivity index (χ4n) is 30.7. The lowest BCUT2D eigenvalue weighted by atomic mass is 9.26. The third-order valence-electron chi connectivity index (χ3n) is 36.6. The number of para-hydroxylation sites is 1. The molecule has 0 radical (unpaired) electrons. The van der Waals surface area contributed by atoms with Gasteiger partial charge in [-0.1, -0.05) is 351 Å². The lowest BCUT2D eigenvalue weighted by Gasteiger charge is -2.49. The first kappa shape index (κ1) is 76.7. The summed E-state index contributed by atoms with van der Waals surface area (Å²) in [5, 5.41) is 11.1. The van der Waals surface area contributed by atoms with Crippen molar-refractivity contribution in [3.63, 3.8) is 0 Å². The van der Waals surface area contributed by atoms with Crippen LogP contribution in [0.25, 0.3) is 110 Å². The highest BCUT2D eigenvalue weighted by Gasteiger charge is 2.58. The van der Waals surface area contributed by atoms with Crippen molar-refractivity contribution < 1.29 is 0 Å². The molecule has 0 bridgehead atoms. The molecule has 4 aromatic heterocycles. The number of nitrogens with zero attached hydrogens (tertiary/aromatic N) is 4. The summed E-state index contributed by atoms with van der Waals surface area (Å²) in [5.74, 6) is 0. The van der Waals surface area contributed by atoms with Crippen LogP contribution in [-0.2, 0) is 43.3 Å². The van der Waals surface area contributed by atoms with Crippen molar-refractivity contribution in [2.75, 3.05) is 0 Å². The molecule has 632 valence electrons. The van der Waals surface area contributed by atoms with E-state index in [9.17, 15) is 0 Å². The van der Waals surface area contributed by atoms with Gasteiger partial charge in [-0.2, -0.15) is 0 Å². The van der Waals surface area contributed by atoms with E-state index in [0.717, 1.165) is 0 Å². The average Bonchev–Trinajstić information content (AvgIpc) is 1.71. The largest absolute Gasteiger partial charge is 0.310 e. The normalized spacial score (nSPS) is 17.7. The number of hydrogen-bond acceptors (Lipinski definition) is 0. The monoisotopic (exact) mass is 1690 g/mol. The van der Waals surface area contributed by atoms with Crippen LogP contribution >= 0.6 is 0 Å². The molecule has 0 saturated heterocycles. The molecule has 0 spiro atoms. The Hall–Kier alpha value is -13.0. The molecule has 16 aromatic carbocycles. The highest BCUT2D eigenvalue weighted by Crippen LogP contribution is 2.54. The van der Waals surface area contributed by atoms with Crippen molar-refractivity contribution in [1.82, 2.24) is 18.3 Å². The van der Waals surface area contributed by atoms with E-state index < -0.39 is 0 Å². The summed E-state index contributed by atoms with van der Waals surface area (Å²) in [6.07, 6.45) is 0. The Balaban J connectivity index is 0.0000000862. The Morgan fingerprint density at radius 3 is 0.886 bits per heavy atom. The summed E-state index contributed by atoms with van der Waals surface area (Å²) in [7, 11) is 0. The van der Waals surface area contributed by atoms with Gasteiger partial charge in [0, 0.05) is 131 Å². The Labute approximate surface area is 775 Å². The van der Waals surface area contributed by atoms with Crippen molar-refractivity contribution in [3.05, 3.63) is 378 Å². The van der Waals surface area contributed by atoms with E-state index in [-0.39, 0.29) is 43.3 Å². The Morgan fingerprint density at radius 1 is 0.174 bits per heavy atom. The molecule has 0 unspecified atom stereocenters. The van der Waals surface area contributed by atoms with Crippen LogP contribution < -0.4 is 65.6 Å². The van der Waals surface area contributed by atoms with Crippen molar-refractivity contribution in [3.8, 4) is 22.7 Å². The van der Waals surface area contributed by atoms with Gasteiger partial charge in [-0.15, -0.1) is 0 Å².